The van der Waals surface area contributed by atoms with Crippen LogP contribution in [0, 0.1) is 0 Å². The van der Waals surface area contributed by atoms with E-state index in [2.05, 4.69) is 0 Å². The molecule has 0 aliphatic rings. The Morgan fingerprint density at radius 2 is 1.79 bits per heavy atom. The summed E-state index contributed by atoms with van der Waals surface area (Å²) in [4.78, 5) is 0. The third-order valence-corrected chi connectivity index (χ3v) is 2.23. The summed E-state index contributed by atoms with van der Waals surface area (Å²) in [6.45, 7) is 0. The van der Waals surface area contributed by atoms with E-state index in [-0.39, 0.29) is 0 Å². The number of hydrogen-bond acceptors (Lipinski definition) is 1. The van der Waals surface area contributed by atoms with Crippen molar-refractivity contribution in [1.29, 1.82) is 0 Å². The van der Waals surface area contributed by atoms with Crippen molar-refractivity contribution in [3.8, 4) is 0 Å². The van der Waals surface area contributed by atoms with Gasteiger partial charge in [-0.1, -0.05) is 30.3 Å². The molecule has 1 aromatic carbocycles. The number of hydrogen-bond donors (Lipinski definition) is 0. The van der Waals surface area contributed by atoms with Crippen molar-refractivity contribution in [2.75, 3.05) is 5.75 Å². The average Bonchev–Trinajstić information content (AvgIpc) is 2.13. The molecule has 4 heteroatoms. The van der Waals surface area contributed by atoms with Crippen LogP contribution in [0.5, 0.6) is 0 Å². The summed E-state index contributed by atoms with van der Waals surface area (Å²) in [7, 11) is 0. The molecule has 14 heavy (non-hydrogen) atoms. The van der Waals surface area contributed by atoms with Crippen LogP contribution < -0.4 is 0 Å². The minimum absolute atomic E-state index is 0.749. The van der Waals surface area contributed by atoms with Crippen LogP contribution in [0.2, 0.25) is 0 Å². The monoisotopic (exact) mass is 218 g/mol. The molecule has 0 unspecified atom stereocenters. The summed E-state index contributed by atoms with van der Waals surface area (Å²) < 4.78 is 35.2. The quantitative estimate of drug-likeness (QED) is 0.740. The van der Waals surface area contributed by atoms with E-state index in [1.807, 2.05) is 30.3 Å². The molecule has 1 aromatic rings. The second kappa shape index (κ2) is 5.10. The van der Waals surface area contributed by atoms with Gasteiger partial charge in [0.25, 0.3) is 0 Å². The summed E-state index contributed by atoms with van der Waals surface area (Å²) in [6.07, 6.45) is -2.43. The predicted molar refractivity (Wildman–Crippen MR) is 54.0 cm³/mol. The van der Waals surface area contributed by atoms with Crippen LogP contribution in [0.3, 0.4) is 0 Å². The normalized spacial score (nSPS) is 12.2. The topological polar surface area (TPSA) is 0 Å². The van der Waals surface area contributed by atoms with E-state index in [9.17, 15) is 13.2 Å². The van der Waals surface area contributed by atoms with Gasteiger partial charge in [-0.2, -0.15) is 13.2 Å². The molecule has 0 atom stereocenters. The van der Waals surface area contributed by atoms with E-state index in [1.165, 1.54) is 5.41 Å². The second-order valence-electron chi connectivity index (χ2n) is 2.64. The van der Waals surface area contributed by atoms with Crippen molar-refractivity contribution >= 4 is 17.8 Å². The van der Waals surface area contributed by atoms with Gasteiger partial charge in [0, 0.05) is 0 Å². The van der Waals surface area contributed by atoms with Gasteiger partial charge in [0.2, 0.25) is 0 Å². The van der Waals surface area contributed by atoms with E-state index < -0.39 is 11.9 Å². The maximum absolute atomic E-state index is 11.7. The lowest BCUT2D eigenvalue weighted by molar-refractivity contribution is -0.105. The fourth-order valence-electron chi connectivity index (χ4n) is 0.833. The molecule has 0 nitrogen and oxygen atoms in total. The van der Waals surface area contributed by atoms with Gasteiger partial charge in [0.15, 0.2) is 0 Å². The molecule has 0 saturated carbocycles. The molecule has 76 valence electrons. The van der Waals surface area contributed by atoms with Gasteiger partial charge in [-0.3, -0.25) is 0 Å². The summed E-state index contributed by atoms with van der Waals surface area (Å²) in [5.74, 6) is -0.837. The zero-order chi connectivity index (χ0) is 10.4. The summed E-state index contributed by atoms with van der Waals surface area (Å²) in [5.41, 5.74) is 0.905. The Labute approximate surface area is 84.8 Å². The lowest BCUT2D eigenvalue weighted by Crippen LogP contribution is -2.09. The van der Waals surface area contributed by atoms with E-state index >= 15 is 0 Å². The largest absolute Gasteiger partial charge is 0.398 e. The maximum Gasteiger partial charge on any atom is 0.398 e. The summed E-state index contributed by atoms with van der Waals surface area (Å²) in [6, 6.07) is 9.22. The minimum atomic E-state index is -4.09. The Hall–Kier alpha value is -0.900. The SMILES string of the molecule is FC(F)(F)CS/C=C\c1ccccc1. The molecule has 0 N–H and O–H groups in total. The van der Waals surface area contributed by atoms with Crippen molar-refractivity contribution in [2.45, 2.75) is 6.18 Å². The van der Waals surface area contributed by atoms with Crippen molar-refractivity contribution in [3.05, 3.63) is 41.3 Å². The summed E-state index contributed by atoms with van der Waals surface area (Å²) >= 11 is 0.749. The number of halogens is 3. The van der Waals surface area contributed by atoms with Gasteiger partial charge >= 0.3 is 6.18 Å². The fraction of sp³-hybridized carbons (Fsp3) is 0.200. The smallest absolute Gasteiger partial charge is 0.170 e. The first-order valence-corrected chi connectivity index (χ1v) is 5.03. The first-order valence-electron chi connectivity index (χ1n) is 3.98. The first kappa shape index (κ1) is 11.2. The van der Waals surface area contributed by atoms with Crippen LogP contribution in [0.25, 0.3) is 6.08 Å². The number of thioether (sulfide) groups is 1. The van der Waals surface area contributed by atoms with Crippen LogP contribution in [0.15, 0.2) is 35.7 Å². The molecule has 0 bridgehead atoms. The van der Waals surface area contributed by atoms with E-state index in [0.717, 1.165) is 17.3 Å². The third-order valence-electron chi connectivity index (χ3n) is 1.40. The van der Waals surface area contributed by atoms with Gasteiger partial charge in [-0.25, -0.2) is 0 Å². The zero-order valence-electron chi connectivity index (χ0n) is 7.29. The third kappa shape index (κ3) is 4.97. The molecule has 0 aromatic heterocycles. The molecular formula is C10H9F3S. The van der Waals surface area contributed by atoms with Crippen molar-refractivity contribution < 1.29 is 13.2 Å². The standard InChI is InChI=1S/C10H9F3S/c11-10(12,13)8-14-7-6-9-4-2-1-3-5-9/h1-7H,8H2/b7-6-. The predicted octanol–water partition coefficient (Wildman–Crippen LogP) is 3.95. The van der Waals surface area contributed by atoms with Gasteiger partial charge in [0.05, 0.1) is 5.75 Å². The number of rotatable bonds is 3. The highest BCUT2D eigenvalue weighted by Gasteiger charge is 2.26. The maximum atomic E-state index is 11.7. The Morgan fingerprint density at radius 3 is 2.36 bits per heavy atom. The van der Waals surface area contributed by atoms with Crippen LogP contribution in [-0.4, -0.2) is 11.9 Å². The Kier molecular flexibility index (Phi) is 4.07. The molecule has 0 amide bonds. The average molecular weight is 218 g/mol. The Morgan fingerprint density at radius 1 is 1.14 bits per heavy atom. The Bertz CT molecular complexity index is 290. The molecule has 0 aliphatic heterocycles. The van der Waals surface area contributed by atoms with Crippen LogP contribution in [0.1, 0.15) is 5.56 Å². The van der Waals surface area contributed by atoms with Crippen LogP contribution in [0.4, 0.5) is 13.2 Å². The van der Waals surface area contributed by atoms with Crippen molar-refractivity contribution in [2.24, 2.45) is 0 Å². The lowest BCUT2D eigenvalue weighted by Gasteiger charge is -2.01. The minimum Gasteiger partial charge on any atom is -0.170 e. The fourth-order valence-corrected chi connectivity index (χ4v) is 1.37. The Balaban J connectivity index is 2.35. The van der Waals surface area contributed by atoms with Crippen molar-refractivity contribution in [3.63, 3.8) is 0 Å². The van der Waals surface area contributed by atoms with Gasteiger partial charge in [-0.15, -0.1) is 11.8 Å². The molecule has 0 heterocycles. The zero-order valence-corrected chi connectivity index (χ0v) is 8.11. The van der Waals surface area contributed by atoms with Crippen LogP contribution in [-0.2, 0) is 0 Å². The van der Waals surface area contributed by atoms with E-state index in [4.69, 9.17) is 0 Å². The van der Waals surface area contributed by atoms with E-state index in [1.54, 1.807) is 6.08 Å². The molecule has 0 aliphatic carbocycles. The lowest BCUT2D eigenvalue weighted by atomic mass is 10.2. The molecule has 0 spiro atoms. The molecule has 1 rings (SSSR count). The van der Waals surface area contributed by atoms with Gasteiger partial charge in [0.1, 0.15) is 0 Å². The highest BCUT2D eigenvalue weighted by Crippen LogP contribution is 2.22. The molecular weight excluding hydrogens is 209 g/mol. The van der Waals surface area contributed by atoms with E-state index in [0.29, 0.717) is 0 Å². The second-order valence-corrected chi connectivity index (χ2v) is 3.53. The molecule has 0 fully saturated rings. The number of benzene rings is 1. The first-order chi connectivity index (χ1) is 6.58. The highest BCUT2D eigenvalue weighted by molar-refractivity contribution is 8.02. The van der Waals surface area contributed by atoms with Crippen LogP contribution >= 0.6 is 11.8 Å². The summed E-state index contributed by atoms with van der Waals surface area (Å²) in [5, 5.41) is 1.46. The highest BCUT2D eigenvalue weighted by atomic mass is 32.2. The number of alkyl halides is 3. The van der Waals surface area contributed by atoms with Crippen molar-refractivity contribution in [1.82, 2.24) is 0 Å². The molecule has 0 radical (unpaired) electrons. The van der Waals surface area contributed by atoms with Gasteiger partial charge < -0.3 is 0 Å². The molecule has 0 saturated heterocycles. The van der Waals surface area contributed by atoms with Gasteiger partial charge in [-0.05, 0) is 17.0 Å².